The molecule has 4 atom stereocenters. The second-order valence-electron chi connectivity index (χ2n) is 8.40. The van der Waals surface area contributed by atoms with Gasteiger partial charge in [0.15, 0.2) is 46.3 Å². The molecule has 4 unspecified atom stereocenters. The summed E-state index contributed by atoms with van der Waals surface area (Å²) in [4.78, 5) is 0. The van der Waals surface area contributed by atoms with E-state index in [4.69, 9.17) is 11.5 Å². The Morgan fingerprint density at radius 3 is 1.38 bits per heavy atom. The number of benzene rings is 1. The number of rotatable bonds is 4. The molecule has 0 aliphatic heterocycles. The summed E-state index contributed by atoms with van der Waals surface area (Å²) in [7, 11) is 0. The van der Waals surface area contributed by atoms with Crippen LogP contribution in [0.5, 0.6) is 11.5 Å². The number of halogens is 17. The molecule has 2 aliphatic carbocycles. The second kappa shape index (κ2) is 10.1. The smallest absolute Gasteiger partial charge is 0.428 e. The normalized spacial score (nSPS) is 27.7. The summed E-state index contributed by atoms with van der Waals surface area (Å²) in [6.45, 7) is 0. The average Bonchev–Trinajstić information content (AvgIpc) is 2.81. The van der Waals surface area contributed by atoms with Crippen LogP contribution in [0, 0.1) is 11.6 Å². The highest BCUT2D eigenvalue weighted by atomic mass is 19.4. The fourth-order valence-corrected chi connectivity index (χ4v) is 3.50. The Hall–Kier alpha value is -3.49. The van der Waals surface area contributed by atoms with Crippen molar-refractivity contribution in [2.24, 2.45) is 11.5 Å². The van der Waals surface area contributed by atoms with E-state index in [1.807, 2.05) is 0 Å². The Kier molecular flexibility index (Phi) is 7.91. The first-order chi connectivity index (χ1) is 18.8. The van der Waals surface area contributed by atoms with Crippen molar-refractivity contribution in [3.05, 3.63) is 70.2 Å². The molecule has 4 nitrogen and oxygen atoms in total. The lowest BCUT2D eigenvalue weighted by molar-refractivity contribution is -0.218. The Morgan fingerprint density at radius 2 is 1.02 bits per heavy atom. The van der Waals surface area contributed by atoms with Crippen LogP contribution >= 0.6 is 0 Å². The molecule has 0 spiro atoms. The number of alkyl halides is 11. The van der Waals surface area contributed by atoms with Crippen molar-refractivity contribution in [2.75, 3.05) is 0 Å². The topological polar surface area (TPSA) is 70.5 Å². The van der Waals surface area contributed by atoms with E-state index < -0.39 is 124 Å². The SMILES string of the molecule is NC1C(F)=C(Oc2cc(F)c(C(F)(F)F)c(OC3=C(F)C(N)C(F)(C(F)(F)F)C=C3F)c2F)C(F)=CC1(F)C(F)(F)F. The Balaban J connectivity index is 2.19. The monoisotopic (exact) mass is 644 g/mol. The lowest BCUT2D eigenvalue weighted by atomic mass is 9.89. The molecule has 4 N–H and O–H groups in total. The van der Waals surface area contributed by atoms with Crippen LogP contribution in [0.3, 0.4) is 0 Å². The summed E-state index contributed by atoms with van der Waals surface area (Å²) >= 11 is 0. The lowest BCUT2D eigenvalue weighted by Crippen LogP contribution is -2.55. The Bertz CT molecular complexity index is 1420. The van der Waals surface area contributed by atoms with E-state index in [0.717, 1.165) is 0 Å². The molecule has 1 aromatic carbocycles. The lowest BCUT2D eigenvalue weighted by Gasteiger charge is -2.33. The number of hydrogen-bond acceptors (Lipinski definition) is 4. The van der Waals surface area contributed by atoms with E-state index in [-0.39, 0.29) is 0 Å². The molecule has 0 aromatic heterocycles. The van der Waals surface area contributed by atoms with Crippen LogP contribution < -0.4 is 20.9 Å². The molecule has 2 aliphatic rings. The zero-order chi connectivity index (χ0) is 32.5. The van der Waals surface area contributed by atoms with Gasteiger partial charge >= 0.3 is 18.5 Å². The van der Waals surface area contributed by atoms with Crippen molar-refractivity contribution in [3.63, 3.8) is 0 Å². The second-order valence-corrected chi connectivity index (χ2v) is 8.40. The van der Waals surface area contributed by atoms with E-state index in [1.54, 1.807) is 0 Å². The maximum atomic E-state index is 15.1. The van der Waals surface area contributed by atoms with Crippen LogP contribution in [-0.4, -0.2) is 35.8 Å². The summed E-state index contributed by atoms with van der Waals surface area (Å²) in [5, 5.41) is 0. The number of hydrogen-bond donors (Lipinski definition) is 2. The van der Waals surface area contributed by atoms with E-state index >= 15 is 4.39 Å². The predicted octanol–water partition coefficient (Wildman–Crippen LogP) is 7.03. The maximum absolute atomic E-state index is 15.1. The van der Waals surface area contributed by atoms with Crippen molar-refractivity contribution >= 4 is 0 Å². The minimum absolute atomic E-state index is 0.648. The zero-order valence-electron chi connectivity index (χ0n) is 19.3. The van der Waals surface area contributed by atoms with Crippen molar-refractivity contribution < 1.29 is 84.1 Å². The van der Waals surface area contributed by atoms with Gasteiger partial charge in [0.1, 0.15) is 23.5 Å². The van der Waals surface area contributed by atoms with Gasteiger partial charge in [-0.25, -0.2) is 30.7 Å². The van der Waals surface area contributed by atoms with Crippen molar-refractivity contribution in [1.29, 1.82) is 0 Å². The Labute approximate surface area is 220 Å². The van der Waals surface area contributed by atoms with Gasteiger partial charge in [-0.15, -0.1) is 0 Å². The molecule has 0 radical (unpaired) electrons. The van der Waals surface area contributed by atoms with Gasteiger partial charge in [0.2, 0.25) is 17.2 Å². The number of ether oxygens (including phenoxy) is 2. The minimum atomic E-state index is -6.13. The summed E-state index contributed by atoms with van der Waals surface area (Å²) in [5.41, 5.74) is -3.37. The van der Waals surface area contributed by atoms with E-state index in [0.29, 0.717) is 0 Å². The average molecular weight is 644 g/mol. The maximum Gasteiger partial charge on any atom is 0.428 e. The van der Waals surface area contributed by atoms with Gasteiger partial charge in [0.25, 0.3) is 0 Å². The largest absolute Gasteiger partial charge is 0.448 e. The molecule has 0 amide bonds. The van der Waals surface area contributed by atoms with Crippen LogP contribution in [-0.2, 0) is 6.18 Å². The van der Waals surface area contributed by atoms with E-state index in [2.05, 4.69) is 9.47 Å². The van der Waals surface area contributed by atoms with Gasteiger partial charge in [-0.05, 0) is 0 Å². The Morgan fingerprint density at radius 1 is 0.643 bits per heavy atom. The quantitative estimate of drug-likeness (QED) is 0.346. The molecule has 0 fully saturated rings. The first-order valence-electron chi connectivity index (χ1n) is 10.3. The fourth-order valence-electron chi connectivity index (χ4n) is 3.50. The minimum Gasteiger partial charge on any atom is -0.448 e. The van der Waals surface area contributed by atoms with E-state index in [9.17, 15) is 70.2 Å². The van der Waals surface area contributed by atoms with E-state index in [1.165, 1.54) is 0 Å². The molecule has 0 heterocycles. The van der Waals surface area contributed by atoms with Crippen molar-refractivity contribution in [2.45, 2.75) is 42.0 Å². The molecule has 42 heavy (non-hydrogen) atoms. The first-order valence-corrected chi connectivity index (χ1v) is 10.3. The van der Waals surface area contributed by atoms with Gasteiger partial charge in [-0.2, -0.15) is 43.9 Å². The predicted molar refractivity (Wildman–Crippen MR) is 103 cm³/mol. The first kappa shape index (κ1) is 33.0. The van der Waals surface area contributed by atoms with Gasteiger partial charge in [-0.1, -0.05) is 0 Å². The molecule has 3 rings (SSSR count). The fraction of sp³-hybridized carbons (Fsp3) is 0.333. The van der Waals surface area contributed by atoms with Gasteiger partial charge in [0.05, 0.1) is 0 Å². The highest BCUT2D eigenvalue weighted by molar-refractivity contribution is 5.50. The van der Waals surface area contributed by atoms with Gasteiger partial charge in [-0.3, -0.25) is 0 Å². The molecule has 1 aromatic rings. The third-order valence-corrected chi connectivity index (χ3v) is 5.70. The highest BCUT2D eigenvalue weighted by Gasteiger charge is 2.64. The van der Waals surface area contributed by atoms with Crippen LogP contribution in [0.15, 0.2) is 53.0 Å². The van der Waals surface area contributed by atoms with Crippen LogP contribution in [0.25, 0.3) is 0 Å². The number of nitrogens with two attached hydrogens (primary N) is 2. The standard InChI is InChI=1S/C21H9F17N2O2/c22-4-1-7(41-12-5(23)2-17(28,20(33,34)35)15(39)10(12)26)9(25)14(8(4)19(30,31)32)42-13-6(24)3-18(29,21(36,37)38)16(40)11(13)27/h1-3,15-16H,39-40H2. The summed E-state index contributed by atoms with van der Waals surface area (Å²) in [6.07, 6.45) is -20.4. The summed E-state index contributed by atoms with van der Waals surface area (Å²) in [6, 6.07) is -7.70. The summed E-state index contributed by atoms with van der Waals surface area (Å²) < 4.78 is 242. The van der Waals surface area contributed by atoms with Gasteiger partial charge < -0.3 is 20.9 Å². The highest BCUT2D eigenvalue weighted by Crippen LogP contribution is 2.50. The third-order valence-electron chi connectivity index (χ3n) is 5.70. The van der Waals surface area contributed by atoms with Crippen molar-refractivity contribution in [1.82, 2.24) is 0 Å². The van der Waals surface area contributed by atoms with Crippen LogP contribution in [0.2, 0.25) is 0 Å². The molecule has 0 saturated carbocycles. The summed E-state index contributed by atoms with van der Waals surface area (Å²) in [5.74, 6) is -25.9. The van der Waals surface area contributed by atoms with Crippen LogP contribution in [0.1, 0.15) is 5.56 Å². The zero-order valence-corrected chi connectivity index (χ0v) is 19.3. The molecular formula is C21H9F17N2O2. The number of allylic oxidation sites excluding steroid dienone is 2. The molecule has 234 valence electrons. The van der Waals surface area contributed by atoms with Gasteiger partial charge in [0, 0.05) is 18.2 Å². The third kappa shape index (κ3) is 5.15. The van der Waals surface area contributed by atoms with Crippen LogP contribution in [0.4, 0.5) is 74.6 Å². The molecule has 0 bridgehead atoms. The molecule has 21 heteroatoms. The molecular weight excluding hydrogens is 635 g/mol. The molecule has 0 saturated heterocycles. The van der Waals surface area contributed by atoms with Crippen molar-refractivity contribution in [3.8, 4) is 11.5 Å².